The minimum Gasteiger partial charge on any atom is -0.481 e. The third-order valence-corrected chi connectivity index (χ3v) is 4.14. The van der Waals surface area contributed by atoms with Crippen molar-refractivity contribution in [1.29, 1.82) is 0 Å². The van der Waals surface area contributed by atoms with Crippen molar-refractivity contribution in [2.45, 2.75) is 17.9 Å². The van der Waals surface area contributed by atoms with E-state index in [-0.39, 0.29) is 5.91 Å². The van der Waals surface area contributed by atoms with Crippen LogP contribution < -0.4 is 10.1 Å². The van der Waals surface area contributed by atoms with Crippen LogP contribution in [0.5, 0.6) is 5.75 Å². The molecule has 22 heavy (non-hydrogen) atoms. The molecular formula is C17H18ClNO2S. The normalized spacial score (nSPS) is 11.7. The molecule has 0 heterocycles. The average Bonchev–Trinajstić information content (AvgIpc) is 2.52. The van der Waals surface area contributed by atoms with Gasteiger partial charge >= 0.3 is 0 Å². The van der Waals surface area contributed by atoms with Crippen LogP contribution in [0.3, 0.4) is 0 Å². The summed E-state index contributed by atoms with van der Waals surface area (Å²) in [7, 11) is 0. The molecule has 5 heteroatoms. The second-order valence-electron chi connectivity index (χ2n) is 4.67. The van der Waals surface area contributed by atoms with Gasteiger partial charge in [-0.1, -0.05) is 35.9 Å². The Hall–Kier alpha value is -1.65. The molecule has 0 radical (unpaired) electrons. The highest BCUT2D eigenvalue weighted by atomic mass is 35.5. The Labute approximate surface area is 140 Å². The molecule has 0 unspecified atom stereocenters. The van der Waals surface area contributed by atoms with Gasteiger partial charge in [0.2, 0.25) is 0 Å². The van der Waals surface area contributed by atoms with Crippen molar-refractivity contribution in [3.05, 3.63) is 59.6 Å². The molecule has 0 fully saturated rings. The van der Waals surface area contributed by atoms with Crippen LogP contribution in [0.25, 0.3) is 0 Å². The zero-order valence-corrected chi connectivity index (χ0v) is 13.9. The SMILES string of the molecule is C[C@@H](Oc1cccc(Cl)c1)C(=O)NCCSc1ccccc1. The number of hydrogen-bond acceptors (Lipinski definition) is 3. The van der Waals surface area contributed by atoms with Gasteiger partial charge < -0.3 is 10.1 Å². The van der Waals surface area contributed by atoms with Gasteiger partial charge in [-0.05, 0) is 37.3 Å². The summed E-state index contributed by atoms with van der Waals surface area (Å²) in [5.74, 6) is 1.28. The third-order valence-electron chi connectivity index (χ3n) is 2.89. The van der Waals surface area contributed by atoms with Crippen LogP contribution in [0.15, 0.2) is 59.5 Å². The number of carbonyl (C=O) groups is 1. The van der Waals surface area contributed by atoms with E-state index in [4.69, 9.17) is 16.3 Å². The molecule has 3 nitrogen and oxygen atoms in total. The summed E-state index contributed by atoms with van der Waals surface area (Å²) in [5, 5.41) is 3.46. The first-order valence-electron chi connectivity index (χ1n) is 7.03. The molecule has 0 spiro atoms. The summed E-state index contributed by atoms with van der Waals surface area (Å²) >= 11 is 7.59. The number of ether oxygens (including phenoxy) is 1. The molecule has 2 aromatic carbocycles. The Bertz CT molecular complexity index is 607. The summed E-state index contributed by atoms with van der Waals surface area (Å²) < 4.78 is 5.57. The molecule has 2 rings (SSSR count). The molecule has 0 aliphatic carbocycles. The summed E-state index contributed by atoms with van der Waals surface area (Å²) in [6, 6.07) is 17.1. The van der Waals surface area contributed by atoms with Crippen LogP contribution in [0.2, 0.25) is 5.02 Å². The minimum atomic E-state index is -0.555. The lowest BCUT2D eigenvalue weighted by molar-refractivity contribution is -0.127. The van der Waals surface area contributed by atoms with Crippen LogP contribution in [0, 0.1) is 0 Å². The largest absolute Gasteiger partial charge is 0.481 e. The zero-order valence-electron chi connectivity index (χ0n) is 12.3. The van der Waals surface area contributed by atoms with Crippen LogP contribution in [-0.2, 0) is 4.79 Å². The van der Waals surface area contributed by atoms with Crippen molar-refractivity contribution in [1.82, 2.24) is 5.32 Å². The number of rotatable bonds is 7. The molecule has 0 bridgehead atoms. The van der Waals surface area contributed by atoms with Crippen molar-refractivity contribution in [3.63, 3.8) is 0 Å². The second-order valence-corrected chi connectivity index (χ2v) is 6.27. The fourth-order valence-electron chi connectivity index (χ4n) is 1.80. The van der Waals surface area contributed by atoms with Gasteiger partial charge in [0.25, 0.3) is 5.91 Å². The van der Waals surface area contributed by atoms with Crippen LogP contribution >= 0.6 is 23.4 Å². The monoisotopic (exact) mass is 335 g/mol. The lowest BCUT2D eigenvalue weighted by Crippen LogP contribution is -2.37. The molecule has 0 aliphatic heterocycles. The van der Waals surface area contributed by atoms with Crippen molar-refractivity contribution < 1.29 is 9.53 Å². The summed E-state index contributed by atoms with van der Waals surface area (Å²) in [6.07, 6.45) is -0.555. The predicted molar refractivity (Wildman–Crippen MR) is 91.7 cm³/mol. The zero-order chi connectivity index (χ0) is 15.8. The Morgan fingerprint density at radius 3 is 2.73 bits per heavy atom. The van der Waals surface area contributed by atoms with Crippen molar-refractivity contribution in [3.8, 4) is 5.75 Å². The molecule has 2 aromatic rings. The molecule has 116 valence electrons. The molecule has 1 N–H and O–H groups in total. The Morgan fingerprint density at radius 1 is 1.23 bits per heavy atom. The maximum absolute atomic E-state index is 12.0. The van der Waals surface area contributed by atoms with Crippen LogP contribution in [-0.4, -0.2) is 24.3 Å². The number of amides is 1. The topological polar surface area (TPSA) is 38.3 Å². The predicted octanol–water partition coefficient (Wildman–Crippen LogP) is 4.02. The lowest BCUT2D eigenvalue weighted by atomic mass is 10.3. The number of nitrogens with one attached hydrogen (secondary N) is 1. The van der Waals surface area contributed by atoms with E-state index in [0.29, 0.717) is 17.3 Å². The number of hydrogen-bond donors (Lipinski definition) is 1. The Balaban J connectivity index is 1.70. The first kappa shape index (κ1) is 16.7. The Kier molecular flexibility index (Phi) is 6.62. The second kappa shape index (κ2) is 8.71. The van der Waals surface area contributed by atoms with Gasteiger partial charge in [0.05, 0.1) is 0 Å². The maximum Gasteiger partial charge on any atom is 0.260 e. The van der Waals surface area contributed by atoms with E-state index in [0.717, 1.165) is 5.75 Å². The lowest BCUT2D eigenvalue weighted by Gasteiger charge is -2.14. The van der Waals surface area contributed by atoms with Crippen LogP contribution in [0.4, 0.5) is 0 Å². The van der Waals surface area contributed by atoms with Gasteiger partial charge in [-0.15, -0.1) is 11.8 Å². The van der Waals surface area contributed by atoms with Gasteiger partial charge in [-0.2, -0.15) is 0 Å². The van der Waals surface area contributed by atoms with E-state index in [1.807, 2.05) is 18.2 Å². The van der Waals surface area contributed by atoms with E-state index < -0.39 is 6.10 Å². The van der Waals surface area contributed by atoms with E-state index in [1.165, 1.54) is 4.90 Å². The fraction of sp³-hybridized carbons (Fsp3) is 0.235. The molecule has 1 atom stereocenters. The molecule has 0 saturated heterocycles. The van der Waals surface area contributed by atoms with Gasteiger partial charge in [0.1, 0.15) is 5.75 Å². The van der Waals surface area contributed by atoms with E-state index in [1.54, 1.807) is 43.0 Å². The van der Waals surface area contributed by atoms with Gasteiger partial charge in [-0.3, -0.25) is 4.79 Å². The number of halogens is 1. The smallest absolute Gasteiger partial charge is 0.260 e. The molecule has 1 amide bonds. The summed E-state index contributed by atoms with van der Waals surface area (Å²) in [4.78, 5) is 13.2. The first-order chi connectivity index (χ1) is 10.6. The number of thioether (sulfide) groups is 1. The molecule has 0 aromatic heterocycles. The van der Waals surface area contributed by atoms with Gasteiger partial charge in [0, 0.05) is 22.2 Å². The van der Waals surface area contributed by atoms with Crippen molar-refractivity contribution >= 4 is 29.3 Å². The quantitative estimate of drug-likeness (QED) is 0.613. The standard InChI is InChI=1S/C17H18ClNO2S/c1-13(21-15-7-5-6-14(18)12-15)17(20)19-10-11-22-16-8-3-2-4-9-16/h2-9,12-13H,10-11H2,1H3,(H,19,20)/t13-/m1/s1. The van der Waals surface area contributed by atoms with Crippen LogP contribution in [0.1, 0.15) is 6.92 Å². The summed E-state index contributed by atoms with van der Waals surface area (Å²) in [6.45, 7) is 2.32. The number of carbonyl (C=O) groups excluding carboxylic acids is 1. The average molecular weight is 336 g/mol. The van der Waals surface area contributed by atoms with Gasteiger partial charge in [-0.25, -0.2) is 0 Å². The van der Waals surface area contributed by atoms with Crippen molar-refractivity contribution in [2.75, 3.05) is 12.3 Å². The Morgan fingerprint density at radius 2 is 2.00 bits per heavy atom. The van der Waals surface area contributed by atoms with E-state index >= 15 is 0 Å². The molecular weight excluding hydrogens is 318 g/mol. The van der Waals surface area contributed by atoms with E-state index in [9.17, 15) is 4.79 Å². The third kappa shape index (κ3) is 5.62. The number of benzene rings is 2. The summed E-state index contributed by atoms with van der Waals surface area (Å²) in [5.41, 5.74) is 0. The minimum absolute atomic E-state index is 0.131. The highest BCUT2D eigenvalue weighted by molar-refractivity contribution is 7.99. The van der Waals surface area contributed by atoms with E-state index in [2.05, 4.69) is 17.4 Å². The first-order valence-corrected chi connectivity index (χ1v) is 8.39. The molecule has 0 aliphatic rings. The van der Waals surface area contributed by atoms with Crippen molar-refractivity contribution in [2.24, 2.45) is 0 Å². The highest BCUT2D eigenvalue weighted by Crippen LogP contribution is 2.18. The molecule has 0 saturated carbocycles. The highest BCUT2D eigenvalue weighted by Gasteiger charge is 2.14. The maximum atomic E-state index is 12.0. The van der Waals surface area contributed by atoms with Gasteiger partial charge in [0.15, 0.2) is 6.10 Å². The fourth-order valence-corrected chi connectivity index (χ4v) is 2.77.